The van der Waals surface area contributed by atoms with E-state index >= 15 is 0 Å². The summed E-state index contributed by atoms with van der Waals surface area (Å²) in [6, 6.07) is 20.6. The Bertz CT molecular complexity index is 893. The molecular formula is C23H26N2. The SMILES string of the molecule is C[C@H]1CC[C@H]2c3c(c4ccccc4n3Cc3ccccc3)CCN2C1. The van der Waals surface area contributed by atoms with Gasteiger partial charge >= 0.3 is 0 Å². The zero-order chi connectivity index (χ0) is 16.8. The number of piperidine rings is 1. The van der Waals surface area contributed by atoms with Crippen LogP contribution in [-0.4, -0.2) is 22.6 Å². The molecule has 0 unspecified atom stereocenters. The van der Waals surface area contributed by atoms with E-state index in [0.717, 1.165) is 12.5 Å². The minimum Gasteiger partial charge on any atom is -0.338 e. The third kappa shape index (κ3) is 2.51. The van der Waals surface area contributed by atoms with Crippen LogP contribution >= 0.6 is 0 Å². The monoisotopic (exact) mass is 330 g/mol. The van der Waals surface area contributed by atoms with E-state index in [1.54, 1.807) is 11.3 Å². The van der Waals surface area contributed by atoms with Gasteiger partial charge in [0.1, 0.15) is 0 Å². The molecule has 2 aromatic carbocycles. The minimum absolute atomic E-state index is 0.607. The first-order valence-electron chi connectivity index (χ1n) is 9.69. The van der Waals surface area contributed by atoms with E-state index in [0.29, 0.717) is 6.04 Å². The van der Waals surface area contributed by atoms with E-state index < -0.39 is 0 Å². The van der Waals surface area contributed by atoms with Gasteiger partial charge in [-0.3, -0.25) is 4.90 Å². The predicted octanol–water partition coefficient (Wildman–Crippen LogP) is 5.02. The highest BCUT2D eigenvalue weighted by Gasteiger charge is 2.35. The van der Waals surface area contributed by atoms with Crippen molar-refractivity contribution in [3.63, 3.8) is 0 Å². The number of hydrogen-bond acceptors (Lipinski definition) is 1. The second-order valence-corrected chi connectivity index (χ2v) is 7.90. The lowest BCUT2D eigenvalue weighted by Gasteiger charge is -2.42. The first-order chi connectivity index (χ1) is 12.3. The number of nitrogens with zero attached hydrogens (tertiary/aromatic N) is 2. The van der Waals surface area contributed by atoms with E-state index in [1.807, 2.05) is 0 Å². The fourth-order valence-electron chi connectivity index (χ4n) is 5.03. The molecule has 0 spiro atoms. The maximum absolute atomic E-state index is 2.75. The van der Waals surface area contributed by atoms with Gasteiger partial charge in [0, 0.05) is 36.2 Å². The van der Waals surface area contributed by atoms with Gasteiger partial charge in [-0.05, 0) is 42.4 Å². The molecule has 5 rings (SSSR count). The average molecular weight is 330 g/mol. The fraction of sp³-hybridized carbons (Fsp3) is 0.391. The summed E-state index contributed by atoms with van der Waals surface area (Å²) in [5.41, 5.74) is 6.02. The summed E-state index contributed by atoms with van der Waals surface area (Å²) < 4.78 is 2.62. The summed E-state index contributed by atoms with van der Waals surface area (Å²) in [6.45, 7) is 5.88. The molecule has 0 bridgehead atoms. The second kappa shape index (κ2) is 6.03. The number of fused-ring (bicyclic) bond motifs is 5. The van der Waals surface area contributed by atoms with Crippen LogP contribution in [-0.2, 0) is 13.0 Å². The van der Waals surface area contributed by atoms with Gasteiger partial charge in [-0.15, -0.1) is 0 Å². The van der Waals surface area contributed by atoms with Crippen molar-refractivity contribution >= 4 is 10.9 Å². The molecule has 3 heterocycles. The smallest absolute Gasteiger partial charge is 0.0504 e. The molecule has 2 atom stereocenters. The summed E-state index contributed by atoms with van der Waals surface area (Å²) in [4.78, 5) is 2.75. The van der Waals surface area contributed by atoms with Crippen molar-refractivity contribution in [3.8, 4) is 0 Å². The topological polar surface area (TPSA) is 8.17 Å². The maximum atomic E-state index is 2.75. The van der Waals surface area contributed by atoms with Crippen LogP contribution in [0.3, 0.4) is 0 Å². The Labute approximate surface area is 150 Å². The third-order valence-corrected chi connectivity index (χ3v) is 6.19. The molecule has 2 aliphatic rings. The Balaban J connectivity index is 1.67. The standard InChI is InChI=1S/C23H26N2/c1-17-11-12-22-23-20(13-14-24(22)15-17)19-9-5-6-10-21(19)25(23)16-18-7-3-2-4-8-18/h2-10,17,22H,11-16H2,1H3/t17-,22-/m0/s1. The number of aromatic nitrogens is 1. The quantitative estimate of drug-likeness (QED) is 0.640. The fourth-order valence-corrected chi connectivity index (χ4v) is 5.03. The van der Waals surface area contributed by atoms with Crippen LogP contribution in [0.4, 0.5) is 0 Å². The lowest BCUT2D eigenvalue weighted by atomic mass is 9.87. The molecule has 1 saturated heterocycles. The molecule has 2 heteroatoms. The Morgan fingerprint density at radius 1 is 0.960 bits per heavy atom. The van der Waals surface area contributed by atoms with Crippen LogP contribution in [0, 0.1) is 5.92 Å². The van der Waals surface area contributed by atoms with Gasteiger partial charge in [0.15, 0.2) is 0 Å². The number of hydrogen-bond donors (Lipinski definition) is 0. The first kappa shape index (κ1) is 15.2. The average Bonchev–Trinajstić information content (AvgIpc) is 2.97. The first-order valence-corrected chi connectivity index (χ1v) is 9.69. The van der Waals surface area contributed by atoms with E-state index in [9.17, 15) is 0 Å². The van der Waals surface area contributed by atoms with Gasteiger partial charge in [0.2, 0.25) is 0 Å². The summed E-state index contributed by atoms with van der Waals surface area (Å²) >= 11 is 0. The summed E-state index contributed by atoms with van der Waals surface area (Å²) in [7, 11) is 0. The predicted molar refractivity (Wildman–Crippen MR) is 104 cm³/mol. The highest BCUT2D eigenvalue weighted by molar-refractivity contribution is 5.86. The van der Waals surface area contributed by atoms with E-state index in [1.165, 1.54) is 48.8 Å². The molecule has 2 nitrogen and oxygen atoms in total. The zero-order valence-electron chi connectivity index (χ0n) is 15.0. The van der Waals surface area contributed by atoms with Gasteiger partial charge in [-0.25, -0.2) is 0 Å². The van der Waals surface area contributed by atoms with Crippen LogP contribution in [0.15, 0.2) is 54.6 Å². The largest absolute Gasteiger partial charge is 0.338 e. The molecule has 1 fully saturated rings. The number of benzene rings is 2. The van der Waals surface area contributed by atoms with Crippen molar-refractivity contribution in [2.75, 3.05) is 13.1 Å². The molecule has 0 aliphatic carbocycles. The van der Waals surface area contributed by atoms with Crippen molar-refractivity contribution in [2.24, 2.45) is 5.92 Å². The van der Waals surface area contributed by atoms with Crippen molar-refractivity contribution in [1.82, 2.24) is 9.47 Å². The molecule has 25 heavy (non-hydrogen) atoms. The molecular weight excluding hydrogens is 304 g/mol. The number of rotatable bonds is 2. The van der Waals surface area contributed by atoms with Gasteiger partial charge in [-0.2, -0.15) is 0 Å². The minimum atomic E-state index is 0.607. The molecule has 2 aliphatic heterocycles. The lowest BCUT2D eigenvalue weighted by Crippen LogP contribution is -2.42. The second-order valence-electron chi connectivity index (χ2n) is 7.90. The molecule has 3 aromatic rings. The van der Waals surface area contributed by atoms with Gasteiger partial charge < -0.3 is 4.57 Å². The lowest BCUT2D eigenvalue weighted by molar-refractivity contribution is 0.100. The molecule has 0 radical (unpaired) electrons. The van der Waals surface area contributed by atoms with Crippen LogP contribution in [0.2, 0.25) is 0 Å². The molecule has 0 saturated carbocycles. The van der Waals surface area contributed by atoms with Crippen molar-refractivity contribution < 1.29 is 0 Å². The summed E-state index contributed by atoms with van der Waals surface area (Å²) in [5, 5.41) is 1.48. The Morgan fingerprint density at radius 2 is 1.76 bits per heavy atom. The molecule has 1 aromatic heterocycles. The number of para-hydroxylation sites is 1. The zero-order valence-corrected chi connectivity index (χ0v) is 15.0. The van der Waals surface area contributed by atoms with E-state index in [2.05, 4.69) is 71.0 Å². The van der Waals surface area contributed by atoms with E-state index in [-0.39, 0.29) is 0 Å². The Morgan fingerprint density at radius 3 is 2.64 bits per heavy atom. The van der Waals surface area contributed by atoms with Crippen LogP contribution < -0.4 is 0 Å². The summed E-state index contributed by atoms with van der Waals surface area (Å²) in [5.74, 6) is 0.838. The van der Waals surface area contributed by atoms with Crippen LogP contribution in [0.25, 0.3) is 10.9 Å². The van der Waals surface area contributed by atoms with Crippen molar-refractivity contribution in [3.05, 3.63) is 71.4 Å². The normalized spacial score (nSPS) is 23.4. The van der Waals surface area contributed by atoms with E-state index in [4.69, 9.17) is 0 Å². The maximum Gasteiger partial charge on any atom is 0.0504 e. The molecule has 0 amide bonds. The Kier molecular flexibility index (Phi) is 3.67. The highest BCUT2D eigenvalue weighted by atomic mass is 15.2. The molecule has 0 N–H and O–H groups in total. The molecule has 128 valence electrons. The van der Waals surface area contributed by atoms with Gasteiger partial charge in [-0.1, -0.05) is 55.5 Å². The Hall–Kier alpha value is -2.06. The van der Waals surface area contributed by atoms with Crippen molar-refractivity contribution in [2.45, 2.75) is 38.8 Å². The van der Waals surface area contributed by atoms with Crippen LogP contribution in [0.1, 0.15) is 42.6 Å². The van der Waals surface area contributed by atoms with Crippen molar-refractivity contribution in [1.29, 1.82) is 0 Å². The third-order valence-electron chi connectivity index (χ3n) is 6.19. The van der Waals surface area contributed by atoms with Crippen LogP contribution in [0.5, 0.6) is 0 Å². The highest BCUT2D eigenvalue weighted by Crippen LogP contribution is 2.42. The van der Waals surface area contributed by atoms with Gasteiger partial charge in [0.25, 0.3) is 0 Å². The van der Waals surface area contributed by atoms with Gasteiger partial charge in [0.05, 0.1) is 6.04 Å². The summed E-state index contributed by atoms with van der Waals surface area (Å²) in [6.07, 6.45) is 3.85.